The van der Waals surface area contributed by atoms with Crippen molar-refractivity contribution >= 4 is 34.8 Å². The number of hydrogen-bond donors (Lipinski definition) is 2. The van der Waals surface area contributed by atoms with Crippen LogP contribution in [0, 0.1) is 10.1 Å². The Morgan fingerprint density at radius 1 is 1.35 bits per heavy atom. The van der Waals surface area contributed by atoms with Gasteiger partial charge in [-0.2, -0.15) is 0 Å². The summed E-state index contributed by atoms with van der Waals surface area (Å²) >= 11 is 5.97. The highest BCUT2D eigenvalue weighted by atomic mass is 35.5. The van der Waals surface area contributed by atoms with Crippen molar-refractivity contribution in [1.29, 1.82) is 0 Å². The van der Waals surface area contributed by atoms with E-state index in [9.17, 15) is 14.9 Å². The molecule has 1 heterocycles. The number of carbonyl (C=O) groups excluding carboxylic acids is 1. The molecule has 1 amide bonds. The van der Waals surface area contributed by atoms with Crippen LogP contribution in [-0.4, -0.2) is 34.4 Å². The van der Waals surface area contributed by atoms with E-state index in [1.165, 1.54) is 12.4 Å². The zero-order valence-electron chi connectivity index (χ0n) is 14.4. The van der Waals surface area contributed by atoms with Gasteiger partial charge in [0, 0.05) is 13.6 Å². The fraction of sp³-hybridized carbons (Fsp3) is 0.312. The third-order valence-corrected chi connectivity index (χ3v) is 3.94. The number of hydrogen-bond acceptors (Lipinski definition) is 7. The van der Waals surface area contributed by atoms with Gasteiger partial charge in [-0.3, -0.25) is 25.8 Å². The van der Waals surface area contributed by atoms with E-state index in [1.807, 2.05) is 6.92 Å². The average Bonchev–Trinajstić information content (AvgIpc) is 2.64. The molecule has 0 spiro atoms. The average molecular weight is 379 g/mol. The molecule has 9 nitrogen and oxygen atoms in total. The fourth-order valence-electron chi connectivity index (χ4n) is 2.24. The normalized spacial score (nSPS) is 10.3. The van der Waals surface area contributed by atoms with E-state index in [4.69, 9.17) is 11.6 Å². The maximum Gasteiger partial charge on any atom is 0.355 e. The molecule has 26 heavy (non-hydrogen) atoms. The van der Waals surface area contributed by atoms with Crippen LogP contribution in [0.1, 0.15) is 30.1 Å². The maximum absolute atomic E-state index is 12.2. The summed E-state index contributed by atoms with van der Waals surface area (Å²) in [6.07, 6.45) is 3.01. The summed E-state index contributed by atoms with van der Waals surface area (Å²) in [6, 6.07) is 6.47. The third kappa shape index (κ3) is 4.57. The van der Waals surface area contributed by atoms with Crippen molar-refractivity contribution in [3.8, 4) is 0 Å². The van der Waals surface area contributed by atoms with Gasteiger partial charge in [-0.25, -0.2) is 9.97 Å². The molecule has 10 heteroatoms. The van der Waals surface area contributed by atoms with Crippen molar-refractivity contribution in [1.82, 2.24) is 15.4 Å². The zero-order valence-corrected chi connectivity index (χ0v) is 15.2. The Kier molecular flexibility index (Phi) is 6.67. The Labute approximate surface area is 155 Å². The van der Waals surface area contributed by atoms with E-state index in [1.54, 1.807) is 30.1 Å². The van der Waals surface area contributed by atoms with Crippen molar-refractivity contribution in [2.24, 2.45) is 0 Å². The first-order valence-electron chi connectivity index (χ1n) is 7.97. The highest BCUT2D eigenvalue weighted by molar-refractivity contribution is 6.33. The standard InChI is InChI=1S/C16H19ClN6O3/c1-3-4-9-22(2)15-13(23(25)26)14(18-10-19-15)20-21-16(24)11-7-5-6-8-12(11)17/h5-8,10H,3-4,9H2,1-2H3,(H,21,24)(H,18,19,20). The molecule has 138 valence electrons. The van der Waals surface area contributed by atoms with Gasteiger partial charge in [-0.1, -0.05) is 37.1 Å². The van der Waals surface area contributed by atoms with Gasteiger partial charge in [-0.15, -0.1) is 0 Å². The van der Waals surface area contributed by atoms with Crippen LogP contribution in [0.25, 0.3) is 0 Å². The molecule has 0 saturated carbocycles. The second kappa shape index (κ2) is 8.95. The first-order chi connectivity index (χ1) is 12.5. The Morgan fingerprint density at radius 2 is 2.08 bits per heavy atom. The smallest absolute Gasteiger partial charge is 0.354 e. The van der Waals surface area contributed by atoms with E-state index >= 15 is 0 Å². The molecular formula is C16H19ClN6O3. The SMILES string of the molecule is CCCCN(C)c1ncnc(NNC(=O)c2ccccc2Cl)c1[N+](=O)[O-]. The summed E-state index contributed by atoms with van der Waals surface area (Å²) in [6.45, 7) is 2.64. The Bertz CT molecular complexity index is 801. The van der Waals surface area contributed by atoms with Crippen molar-refractivity contribution in [3.63, 3.8) is 0 Å². The minimum absolute atomic E-state index is 0.108. The molecule has 2 N–H and O–H groups in total. The van der Waals surface area contributed by atoms with Crippen LogP contribution >= 0.6 is 11.6 Å². The Balaban J connectivity index is 2.22. The summed E-state index contributed by atoms with van der Waals surface area (Å²) in [5.41, 5.74) is 4.79. The number of benzene rings is 1. The van der Waals surface area contributed by atoms with Gasteiger partial charge < -0.3 is 4.90 Å². The molecule has 1 aromatic heterocycles. The summed E-state index contributed by atoms with van der Waals surface area (Å²) in [5, 5.41) is 11.8. The zero-order chi connectivity index (χ0) is 19.1. The number of carbonyl (C=O) groups is 1. The molecule has 0 aliphatic rings. The molecule has 0 saturated heterocycles. The lowest BCUT2D eigenvalue weighted by Gasteiger charge is -2.18. The number of nitrogens with one attached hydrogen (secondary N) is 2. The maximum atomic E-state index is 12.2. The molecule has 2 rings (SSSR count). The molecule has 0 aliphatic heterocycles. The highest BCUT2D eigenvalue weighted by Crippen LogP contribution is 2.30. The van der Waals surface area contributed by atoms with E-state index in [0.29, 0.717) is 6.54 Å². The first kappa shape index (κ1) is 19.4. The number of nitro groups is 1. The molecule has 0 bridgehead atoms. The number of halogens is 1. The summed E-state index contributed by atoms with van der Waals surface area (Å²) in [7, 11) is 1.72. The molecule has 0 aliphatic carbocycles. The third-order valence-electron chi connectivity index (χ3n) is 3.61. The van der Waals surface area contributed by atoms with Crippen LogP contribution < -0.4 is 15.8 Å². The quantitative estimate of drug-likeness (QED) is 0.536. The van der Waals surface area contributed by atoms with Gasteiger partial charge >= 0.3 is 5.69 Å². The first-order valence-corrected chi connectivity index (χ1v) is 8.34. The summed E-state index contributed by atoms with van der Waals surface area (Å²) in [5.74, 6) is -0.471. The van der Waals surface area contributed by atoms with E-state index in [0.717, 1.165) is 12.8 Å². The Morgan fingerprint density at radius 3 is 2.73 bits per heavy atom. The van der Waals surface area contributed by atoms with Gasteiger partial charge in [0.05, 0.1) is 15.5 Å². The van der Waals surface area contributed by atoms with Gasteiger partial charge in [0.25, 0.3) is 5.91 Å². The summed E-state index contributed by atoms with van der Waals surface area (Å²) < 4.78 is 0. The molecule has 2 aromatic rings. The minimum Gasteiger partial charge on any atom is -0.354 e. The van der Waals surface area contributed by atoms with Gasteiger partial charge in [0.15, 0.2) is 0 Å². The number of rotatable bonds is 8. The largest absolute Gasteiger partial charge is 0.355 e. The lowest BCUT2D eigenvalue weighted by atomic mass is 10.2. The molecule has 0 fully saturated rings. The molecule has 1 aromatic carbocycles. The van der Waals surface area contributed by atoms with Crippen LogP contribution in [-0.2, 0) is 0 Å². The van der Waals surface area contributed by atoms with Crippen LogP contribution in [0.2, 0.25) is 5.02 Å². The molecule has 0 radical (unpaired) electrons. The van der Waals surface area contributed by atoms with Gasteiger partial charge in [0.1, 0.15) is 6.33 Å². The topological polar surface area (TPSA) is 113 Å². The van der Waals surface area contributed by atoms with Crippen molar-refractivity contribution < 1.29 is 9.72 Å². The molecular weight excluding hydrogens is 360 g/mol. The van der Waals surface area contributed by atoms with Crippen molar-refractivity contribution in [3.05, 3.63) is 51.3 Å². The fourth-order valence-corrected chi connectivity index (χ4v) is 2.46. The van der Waals surface area contributed by atoms with E-state index in [-0.39, 0.29) is 27.9 Å². The minimum atomic E-state index is -0.582. The number of hydrazine groups is 1. The molecule has 0 atom stereocenters. The predicted octanol–water partition coefficient (Wildman–Crippen LogP) is 3.03. The van der Waals surface area contributed by atoms with Crippen LogP contribution in [0.3, 0.4) is 0 Å². The van der Waals surface area contributed by atoms with Crippen LogP contribution in [0.4, 0.5) is 17.3 Å². The monoisotopic (exact) mass is 378 g/mol. The number of nitrogens with zero attached hydrogens (tertiary/aromatic N) is 4. The van der Waals surface area contributed by atoms with Gasteiger partial charge in [0.2, 0.25) is 11.6 Å². The van der Waals surface area contributed by atoms with Gasteiger partial charge in [-0.05, 0) is 18.6 Å². The predicted molar refractivity (Wildman–Crippen MR) is 99.4 cm³/mol. The Hall–Kier alpha value is -2.94. The van der Waals surface area contributed by atoms with E-state index < -0.39 is 10.8 Å². The number of aromatic nitrogens is 2. The highest BCUT2D eigenvalue weighted by Gasteiger charge is 2.26. The second-order valence-corrected chi connectivity index (χ2v) is 5.89. The van der Waals surface area contributed by atoms with Crippen LogP contribution in [0.5, 0.6) is 0 Å². The van der Waals surface area contributed by atoms with Crippen molar-refractivity contribution in [2.45, 2.75) is 19.8 Å². The van der Waals surface area contributed by atoms with Crippen molar-refractivity contribution in [2.75, 3.05) is 23.9 Å². The number of anilines is 2. The summed E-state index contributed by atoms with van der Waals surface area (Å²) in [4.78, 5) is 32.7. The number of amides is 1. The molecule has 0 unspecified atom stereocenters. The lowest BCUT2D eigenvalue weighted by Crippen LogP contribution is -2.31. The lowest BCUT2D eigenvalue weighted by molar-refractivity contribution is -0.383. The van der Waals surface area contributed by atoms with E-state index in [2.05, 4.69) is 20.8 Å². The second-order valence-electron chi connectivity index (χ2n) is 5.49. The number of unbranched alkanes of at least 4 members (excludes halogenated alkanes) is 1. The van der Waals surface area contributed by atoms with Crippen LogP contribution in [0.15, 0.2) is 30.6 Å².